The summed E-state index contributed by atoms with van der Waals surface area (Å²) in [6.45, 7) is -0.325. The van der Waals surface area contributed by atoms with Crippen LogP contribution in [0.5, 0.6) is 0 Å². The Balaban J connectivity index is 2.20. The minimum atomic E-state index is -3.31. The monoisotopic (exact) mass is 224 g/mol. The van der Waals surface area contributed by atoms with Gasteiger partial charge in [0.1, 0.15) is 0 Å². The first-order valence-electron chi connectivity index (χ1n) is 4.84. The molecule has 0 aromatic heterocycles. The maximum atomic E-state index is 11.7. The van der Waals surface area contributed by atoms with Crippen LogP contribution in [0, 0.1) is 5.92 Å². The fourth-order valence-electron chi connectivity index (χ4n) is 1.23. The van der Waals surface area contributed by atoms with Crippen molar-refractivity contribution >= 4 is 10.0 Å². The van der Waals surface area contributed by atoms with Crippen LogP contribution in [0.4, 0.5) is 4.39 Å². The molecule has 3 N–H and O–H groups in total. The van der Waals surface area contributed by atoms with E-state index in [4.69, 9.17) is 5.73 Å². The molecule has 1 unspecified atom stereocenters. The Kier molecular flexibility index (Phi) is 4.28. The minimum absolute atomic E-state index is 0.0496. The molecule has 1 aliphatic rings. The summed E-state index contributed by atoms with van der Waals surface area (Å²) >= 11 is 0. The zero-order valence-corrected chi connectivity index (χ0v) is 8.89. The van der Waals surface area contributed by atoms with E-state index in [-0.39, 0.29) is 24.8 Å². The summed E-state index contributed by atoms with van der Waals surface area (Å²) in [6, 6.07) is -0.0878. The highest BCUT2D eigenvalue weighted by Crippen LogP contribution is 2.31. The van der Waals surface area contributed by atoms with Crippen molar-refractivity contribution in [3.05, 3.63) is 0 Å². The molecule has 0 saturated heterocycles. The maximum absolute atomic E-state index is 11.7. The van der Waals surface area contributed by atoms with Crippen molar-refractivity contribution in [3.8, 4) is 0 Å². The molecule has 0 radical (unpaired) electrons. The van der Waals surface area contributed by atoms with Gasteiger partial charge in [-0.1, -0.05) is 0 Å². The lowest BCUT2D eigenvalue weighted by Crippen LogP contribution is -2.39. The first-order valence-corrected chi connectivity index (χ1v) is 6.49. The molecule has 0 aromatic carbocycles. The van der Waals surface area contributed by atoms with Crippen LogP contribution >= 0.6 is 0 Å². The third kappa shape index (κ3) is 4.34. The number of rotatable bonds is 7. The van der Waals surface area contributed by atoms with E-state index in [9.17, 15) is 12.8 Å². The van der Waals surface area contributed by atoms with Crippen LogP contribution in [0.2, 0.25) is 0 Å². The fourth-order valence-corrected chi connectivity index (χ4v) is 2.31. The largest absolute Gasteiger partial charge is 0.326 e. The zero-order valence-electron chi connectivity index (χ0n) is 8.08. The molecule has 84 valence electrons. The van der Waals surface area contributed by atoms with Crippen molar-refractivity contribution in [1.82, 2.24) is 4.72 Å². The van der Waals surface area contributed by atoms with Crippen LogP contribution < -0.4 is 10.5 Å². The van der Waals surface area contributed by atoms with Gasteiger partial charge in [0.25, 0.3) is 0 Å². The first-order chi connectivity index (χ1) is 6.55. The lowest BCUT2D eigenvalue weighted by atomic mass is 10.2. The zero-order chi connectivity index (χ0) is 10.6. The molecule has 0 spiro atoms. The molecule has 0 bridgehead atoms. The molecule has 0 aromatic rings. The average Bonchev–Trinajstić information content (AvgIpc) is 2.94. The Hall–Kier alpha value is -0.200. The van der Waals surface area contributed by atoms with Crippen molar-refractivity contribution in [3.63, 3.8) is 0 Å². The van der Waals surface area contributed by atoms with Gasteiger partial charge < -0.3 is 5.73 Å². The summed E-state index contributed by atoms with van der Waals surface area (Å²) in [6.07, 6.45) is 2.23. The van der Waals surface area contributed by atoms with Crippen LogP contribution in [-0.4, -0.2) is 33.4 Å². The molecule has 1 saturated carbocycles. The number of nitrogens with two attached hydrogens (primary N) is 1. The summed E-state index contributed by atoms with van der Waals surface area (Å²) in [4.78, 5) is 0. The standard InChI is InChI=1S/C8H17FN2O2S/c9-4-1-5-14(12,13)11-6-8(10)7-2-3-7/h7-8,11H,1-6,10H2. The number of nitrogens with one attached hydrogen (secondary N) is 1. The molecule has 0 heterocycles. The normalized spacial score (nSPS) is 19.6. The van der Waals surface area contributed by atoms with Crippen LogP contribution in [0.25, 0.3) is 0 Å². The molecule has 4 nitrogen and oxygen atoms in total. The molecular formula is C8H17FN2O2S. The summed E-state index contributed by atoms with van der Waals surface area (Å²) < 4.78 is 36.5. The number of sulfonamides is 1. The van der Waals surface area contributed by atoms with Crippen molar-refractivity contribution in [1.29, 1.82) is 0 Å². The van der Waals surface area contributed by atoms with E-state index < -0.39 is 16.7 Å². The van der Waals surface area contributed by atoms with Gasteiger partial charge in [-0.05, 0) is 25.2 Å². The average molecular weight is 224 g/mol. The van der Waals surface area contributed by atoms with Gasteiger partial charge in [0.05, 0.1) is 12.4 Å². The van der Waals surface area contributed by atoms with E-state index in [1.165, 1.54) is 0 Å². The number of alkyl halides is 1. The summed E-state index contributed by atoms with van der Waals surface area (Å²) in [5.74, 6) is 0.319. The molecule has 14 heavy (non-hydrogen) atoms. The van der Waals surface area contributed by atoms with E-state index in [1.54, 1.807) is 0 Å². The van der Waals surface area contributed by atoms with Gasteiger partial charge in [-0.3, -0.25) is 4.39 Å². The van der Waals surface area contributed by atoms with E-state index in [0.29, 0.717) is 5.92 Å². The second kappa shape index (κ2) is 5.04. The van der Waals surface area contributed by atoms with Crippen LogP contribution in [0.15, 0.2) is 0 Å². The molecule has 0 amide bonds. The van der Waals surface area contributed by atoms with Gasteiger partial charge in [-0.25, -0.2) is 13.1 Å². The van der Waals surface area contributed by atoms with E-state index >= 15 is 0 Å². The van der Waals surface area contributed by atoms with Crippen molar-refractivity contribution in [2.45, 2.75) is 25.3 Å². The highest BCUT2D eigenvalue weighted by molar-refractivity contribution is 7.89. The molecular weight excluding hydrogens is 207 g/mol. The highest BCUT2D eigenvalue weighted by Gasteiger charge is 2.28. The maximum Gasteiger partial charge on any atom is 0.211 e. The van der Waals surface area contributed by atoms with Crippen LogP contribution in [-0.2, 0) is 10.0 Å². The van der Waals surface area contributed by atoms with Gasteiger partial charge in [0, 0.05) is 12.6 Å². The SMILES string of the molecule is NC(CNS(=O)(=O)CCCF)C1CC1. The van der Waals surface area contributed by atoms with Crippen molar-refractivity contribution in [2.24, 2.45) is 11.7 Å². The fraction of sp³-hybridized carbons (Fsp3) is 1.00. The van der Waals surface area contributed by atoms with Gasteiger partial charge in [-0.15, -0.1) is 0 Å². The van der Waals surface area contributed by atoms with Gasteiger partial charge in [0.2, 0.25) is 10.0 Å². The Bertz CT molecular complexity index is 265. The van der Waals surface area contributed by atoms with Crippen molar-refractivity contribution in [2.75, 3.05) is 19.0 Å². The molecule has 1 atom stereocenters. The Labute approximate surface area is 84.1 Å². The molecule has 1 rings (SSSR count). The predicted molar refractivity (Wildman–Crippen MR) is 53.1 cm³/mol. The summed E-state index contributed by atoms with van der Waals surface area (Å²) in [5, 5.41) is 0. The van der Waals surface area contributed by atoms with Crippen LogP contribution in [0.1, 0.15) is 19.3 Å². The Morgan fingerprint density at radius 2 is 2.14 bits per heavy atom. The minimum Gasteiger partial charge on any atom is -0.326 e. The predicted octanol–water partition coefficient (Wildman–Crippen LogP) is 0.00270. The number of halogens is 1. The van der Waals surface area contributed by atoms with E-state index in [1.807, 2.05) is 0 Å². The summed E-state index contributed by atoms with van der Waals surface area (Å²) in [5.41, 5.74) is 5.71. The van der Waals surface area contributed by atoms with E-state index in [0.717, 1.165) is 12.8 Å². The topological polar surface area (TPSA) is 72.2 Å². The van der Waals surface area contributed by atoms with Crippen LogP contribution in [0.3, 0.4) is 0 Å². The highest BCUT2D eigenvalue weighted by atomic mass is 32.2. The number of hydrogen-bond acceptors (Lipinski definition) is 3. The van der Waals surface area contributed by atoms with E-state index in [2.05, 4.69) is 4.72 Å². The number of hydrogen-bond donors (Lipinski definition) is 2. The Morgan fingerprint density at radius 3 is 2.64 bits per heavy atom. The second-order valence-electron chi connectivity index (χ2n) is 3.71. The lowest BCUT2D eigenvalue weighted by molar-refractivity contribution is 0.481. The van der Waals surface area contributed by atoms with Gasteiger partial charge in [-0.2, -0.15) is 0 Å². The quantitative estimate of drug-likeness (QED) is 0.639. The summed E-state index contributed by atoms with van der Waals surface area (Å²) in [7, 11) is -3.31. The molecule has 6 heteroatoms. The molecule has 1 fully saturated rings. The third-order valence-corrected chi connectivity index (χ3v) is 3.75. The third-order valence-electron chi connectivity index (χ3n) is 2.31. The van der Waals surface area contributed by atoms with Crippen molar-refractivity contribution < 1.29 is 12.8 Å². The smallest absolute Gasteiger partial charge is 0.211 e. The molecule has 1 aliphatic carbocycles. The van der Waals surface area contributed by atoms with Gasteiger partial charge >= 0.3 is 0 Å². The lowest BCUT2D eigenvalue weighted by Gasteiger charge is -2.11. The van der Waals surface area contributed by atoms with Gasteiger partial charge in [0.15, 0.2) is 0 Å². The molecule has 0 aliphatic heterocycles. The Morgan fingerprint density at radius 1 is 1.50 bits per heavy atom. The second-order valence-corrected chi connectivity index (χ2v) is 5.64. The first kappa shape index (κ1) is 11.9.